The monoisotopic (exact) mass is 452 g/mol. The van der Waals surface area contributed by atoms with E-state index in [1.807, 2.05) is 0 Å². The Morgan fingerprint density at radius 2 is 1.70 bits per heavy atom. The Balaban J connectivity index is 1.63. The molecule has 0 unspecified atom stereocenters. The number of hydrogen-bond donors (Lipinski definition) is 1. The number of anilines is 1. The predicted molar refractivity (Wildman–Crippen MR) is 112 cm³/mol. The van der Waals surface area contributed by atoms with Gasteiger partial charge >= 0.3 is 0 Å². The van der Waals surface area contributed by atoms with Gasteiger partial charge in [-0.2, -0.15) is 8.61 Å². The topological polar surface area (TPSA) is 117 Å². The van der Waals surface area contributed by atoms with Crippen LogP contribution in [0.2, 0.25) is 0 Å². The van der Waals surface area contributed by atoms with Gasteiger partial charge in [-0.1, -0.05) is 6.42 Å². The Morgan fingerprint density at radius 3 is 2.30 bits per heavy atom. The maximum Gasteiger partial charge on any atom is 0.244 e. The molecule has 1 N–H and O–H groups in total. The van der Waals surface area contributed by atoms with Crippen molar-refractivity contribution in [3.63, 3.8) is 0 Å². The number of nitrogens with zero attached hydrogens (tertiary/aromatic N) is 3. The molecule has 2 aromatic rings. The van der Waals surface area contributed by atoms with Gasteiger partial charge in [0, 0.05) is 38.2 Å². The second kappa shape index (κ2) is 9.21. The highest BCUT2D eigenvalue weighted by atomic mass is 32.2. The highest BCUT2D eigenvalue weighted by Gasteiger charge is 2.26. The van der Waals surface area contributed by atoms with Crippen LogP contribution in [-0.2, 0) is 24.8 Å². The van der Waals surface area contributed by atoms with E-state index in [0.717, 1.165) is 23.6 Å². The van der Waals surface area contributed by atoms with Crippen LogP contribution in [0.5, 0.6) is 0 Å². The maximum atomic E-state index is 12.7. The molecule has 1 aliphatic heterocycles. The molecule has 1 amide bonds. The number of aromatic nitrogens is 1. The standard InChI is InChI=1S/C19H24N4O5S2/c1-22(29(25,26)18-6-5-11-20-14-18)15-19(24)21-16-7-9-17(10-8-16)30(27,28)23-12-3-2-4-13-23/h5-11,14H,2-4,12-13,15H2,1H3,(H,21,24). The molecule has 0 saturated carbocycles. The lowest BCUT2D eigenvalue weighted by Gasteiger charge is -2.25. The van der Waals surface area contributed by atoms with Gasteiger partial charge in [-0.25, -0.2) is 16.8 Å². The molecule has 11 heteroatoms. The molecule has 0 atom stereocenters. The summed E-state index contributed by atoms with van der Waals surface area (Å²) in [7, 11) is -6.09. The van der Waals surface area contributed by atoms with Crippen molar-refractivity contribution in [2.24, 2.45) is 0 Å². The quantitative estimate of drug-likeness (QED) is 0.681. The predicted octanol–water partition coefficient (Wildman–Crippen LogP) is 1.52. The lowest BCUT2D eigenvalue weighted by Crippen LogP contribution is -2.35. The average molecular weight is 453 g/mol. The number of pyridine rings is 1. The molecule has 3 rings (SSSR count). The zero-order valence-electron chi connectivity index (χ0n) is 16.6. The molecule has 0 spiro atoms. The molecule has 1 aromatic heterocycles. The van der Waals surface area contributed by atoms with Crippen molar-refractivity contribution in [3.05, 3.63) is 48.8 Å². The number of carbonyl (C=O) groups is 1. The van der Waals surface area contributed by atoms with Gasteiger partial charge < -0.3 is 5.32 Å². The SMILES string of the molecule is CN(CC(=O)Nc1ccc(S(=O)(=O)N2CCCCC2)cc1)S(=O)(=O)c1cccnc1. The molecule has 1 aliphatic rings. The van der Waals surface area contributed by atoms with Crippen LogP contribution in [0, 0.1) is 0 Å². The number of rotatable bonds is 7. The summed E-state index contributed by atoms with van der Waals surface area (Å²) in [5.41, 5.74) is 0.379. The molecule has 1 fully saturated rings. The number of sulfonamides is 2. The van der Waals surface area contributed by atoms with Gasteiger partial charge in [0.15, 0.2) is 0 Å². The number of hydrogen-bond acceptors (Lipinski definition) is 6. The van der Waals surface area contributed by atoms with Gasteiger partial charge in [-0.3, -0.25) is 9.78 Å². The van der Waals surface area contributed by atoms with Crippen molar-refractivity contribution in [3.8, 4) is 0 Å². The number of amides is 1. The van der Waals surface area contributed by atoms with Crippen LogP contribution in [0.3, 0.4) is 0 Å². The summed E-state index contributed by atoms with van der Waals surface area (Å²) < 4.78 is 52.7. The minimum atomic E-state index is -3.84. The number of benzene rings is 1. The van der Waals surface area contributed by atoms with Crippen molar-refractivity contribution in [2.75, 3.05) is 32.0 Å². The van der Waals surface area contributed by atoms with E-state index in [0.29, 0.717) is 18.8 Å². The molecule has 9 nitrogen and oxygen atoms in total. The Bertz CT molecular complexity index is 1080. The lowest BCUT2D eigenvalue weighted by atomic mass is 10.2. The number of carbonyl (C=O) groups excluding carboxylic acids is 1. The third kappa shape index (κ3) is 5.04. The van der Waals surface area contributed by atoms with E-state index in [4.69, 9.17) is 0 Å². The van der Waals surface area contributed by atoms with E-state index >= 15 is 0 Å². The van der Waals surface area contributed by atoms with Gasteiger partial charge in [0.2, 0.25) is 26.0 Å². The molecule has 1 aromatic carbocycles. The van der Waals surface area contributed by atoms with Gasteiger partial charge in [-0.15, -0.1) is 0 Å². The average Bonchev–Trinajstić information content (AvgIpc) is 2.75. The first-order valence-corrected chi connectivity index (χ1v) is 12.4. The summed E-state index contributed by atoms with van der Waals surface area (Å²) in [5.74, 6) is -0.545. The fourth-order valence-corrected chi connectivity index (χ4v) is 5.74. The van der Waals surface area contributed by atoms with Crippen LogP contribution >= 0.6 is 0 Å². The Labute approximate surface area is 176 Å². The number of nitrogens with one attached hydrogen (secondary N) is 1. The Morgan fingerprint density at radius 1 is 1.03 bits per heavy atom. The first-order valence-electron chi connectivity index (χ1n) is 9.48. The molecule has 1 saturated heterocycles. The van der Waals surface area contributed by atoms with E-state index in [-0.39, 0.29) is 9.79 Å². The van der Waals surface area contributed by atoms with Gasteiger partial charge in [0.05, 0.1) is 11.4 Å². The number of likely N-dealkylation sites (N-methyl/N-ethyl adjacent to an activating group) is 1. The molecular formula is C19H24N4O5S2. The van der Waals surface area contributed by atoms with E-state index in [1.54, 1.807) is 0 Å². The van der Waals surface area contributed by atoms with Crippen LogP contribution in [0.4, 0.5) is 5.69 Å². The van der Waals surface area contributed by atoms with E-state index < -0.39 is 32.5 Å². The van der Waals surface area contributed by atoms with Crippen LogP contribution in [0.25, 0.3) is 0 Å². The van der Waals surface area contributed by atoms with Crippen molar-refractivity contribution < 1.29 is 21.6 Å². The highest BCUT2D eigenvalue weighted by molar-refractivity contribution is 7.89. The van der Waals surface area contributed by atoms with Gasteiger partial charge in [0.1, 0.15) is 4.90 Å². The normalized spacial score (nSPS) is 15.8. The largest absolute Gasteiger partial charge is 0.325 e. The first-order chi connectivity index (χ1) is 14.2. The van der Waals surface area contributed by atoms with Crippen molar-refractivity contribution >= 4 is 31.6 Å². The first kappa shape index (κ1) is 22.3. The summed E-state index contributed by atoms with van der Waals surface area (Å²) >= 11 is 0. The smallest absolute Gasteiger partial charge is 0.244 e. The van der Waals surface area contributed by atoms with Gasteiger partial charge in [0.25, 0.3) is 0 Å². The number of piperidine rings is 1. The minimum absolute atomic E-state index is 0.00688. The van der Waals surface area contributed by atoms with Crippen molar-refractivity contribution in [1.82, 2.24) is 13.6 Å². The zero-order valence-corrected chi connectivity index (χ0v) is 18.2. The summed E-state index contributed by atoms with van der Waals surface area (Å²) in [6, 6.07) is 8.76. The lowest BCUT2D eigenvalue weighted by molar-refractivity contribution is -0.116. The molecule has 2 heterocycles. The fourth-order valence-electron chi connectivity index (χ4n) is 3.13. The molecule has 0 aliphatic carbocycles. The third-order valence-electron chi connectivity index (χ3n) is 4.80. The van der Waals surface area contributed by atoms with E-state index in [9.17, 15) is 21.6 Å². The van der Waals surface area contributed by atoms with Gasteiger partial charge in [-0.05, 0) is 49.2 Å². The van der Waals surface area contributed by atoms with Crippen LogP contribution in [0.1, 0.15) is 19.3 Å². The molecule has 162 valence electrons. The van der Waals surface area contributed by atoms with E-state index in [1.165, 1.54) is 60.1 Å². The van der Waals surface area contributed by atoms with Crippen molar-refractivity contribution in [1.29, 1.82) is 0 Å². The minimum Gasteiger partial charge on any atom is -0.325 e. The Kier molecular flexibility index (Phi) is 6.86. The fraction of sp³-hybridized carbons (Fsp3) is 0.368. The maximum absolute atomic E-state index is 12.7. The molecule has 0 radical (unpaired) electrons. The summed E-state index contributed by atoms with van der Waals surface area (Å²) in [5, 5.41) is 2.59. The second-order valence-electron chi connectivity index (χ2n) is 6.99. The Hall–Kier alpha value is -2.34. The zero-order chi connectivity index (χ0) is 21.8. The summed E-state index contributed by atoms with van der Waals surface area (Å²) in [6.45, 7) is 0.627. The molecular weight excluding hydrogens is 428 g/mol. The van der Waals surface area contributed by atoms with Crippen molar-refractivity contribution in [2.45, 2.75) is 29.1 Å². The van der Waals surface area contributed by atoms with Crippen LogP contribution in [-0.4, -0.2) is 63.0 Å². The van der Waals surface area contributed by atoms with Crippen LogP contribution < -0.4 is 5.32 Å². The highest BCUT2D eigenvalue weighted by Crippen LogP contribution is 2.22. The third-order valence-corrected chi connectivity index (χ3v) is 8.50. The summed E-state index contributed by atoms with van der Waals surface area (Å²) in [4.78, 5) is 16.2. The van der Waals surface area contributed by atoms with Crippen LogP contribution in [0.15, 0.2) is 58.6 Å². The van der Waals surface area contributed by atoms with E-state index in [2.05, 4.69) is 10.3 Å². The molecule has 0 bridgehead atoms. The summed E-state index contributed by atoms with van der Waals surface area (Å²) in [6.07, 6.45) is 5.40. The molecule has 30 heavy (non-hydrogen) atoms. The second-order valence-corrected chi connectivity index (χ2v) is 11.0.